The van der Waals surface area contributed by atoms with E-state index in [1.807, 2.05) is 75.4 Å². The average molecular weight is 401 g/mol. The molecule has 1 heterocycles. The van der Waals surface area contributed by atoms with Gasteiger partial charge in [0.2, 0.25) is 0 Å². The van der Waals surface area contributed by atoms with Crippen molar-refractivity contribution in [3.8, 4) is 5.75 Å². The van der Waals surface area contributed by atoms with Crippen LogP contribution in [0.2, 0.25) is 0 Å². The van der Waals surface area contributed by atoms with Crippen LogP contribution in [0.5, 0.6) is 5.75 Å². The number of hydrogen-bond donors (Lipinski definition) is 1. The minimum Gasteiger partial charge on any atom is -0.497 e. The Labute approximate surface area is 170 Å². The van der Waals surface area contributed by atoms with Gasteiger partial charge in [-0.05, 0) is 38.5 Å². The van der Waals surface area contributed by atoms with E-state index in [1.54, 1.807) is 12.0 Å². The van der Waals surface area contributed by atoms with E-state index in [0.29, 0.717) is 6.61 Å². The van der Waals surface area contributed by atoms with Crippen molar-refractivity contribution in [3.05, 3.63) is 65.7 Å². The number of carbonyl (C=O) groups excluding carboxylic acids is 1. The summed E-state index contributed by atoms with van der Waals surface area (Å²) < 4.78 is 16.9. The molecule has 2 aromatic carbocycles. The standard InChI is InChI=1S/C21H25NO4.CH2O2/c1-21(2,3)26-20(23)22-18(15-8-6-5-7-9-15)14-25-19(22)16-10-12-17(24-4)13-11-16;2-1-3/h5-13,18-19H,14H2,1-4H3;1H,(H,2,3). The van der Waals surface area contributed by atoms with Gasteiger partial charge < -0.3 is 19.3 Å². The molecule has 2 atom stereocenters. The van der Waals surface area contributed by atoms with Crippen molar-refractivity contribution in [3.63, 3.8) is 0 Å². The number of amides is 1. The molecule has 0 radical (unpaired) electrons. The number of hydrogen-bond acceptors (Lipinski definition) is 5. The fourth-order valence-electron chi connectivity index (χ4n) is 3.00. The molecular formula is C22H27NO6. The maximum absolute atomic E-state index is 13.0. The summed E-state index contributed by atoms with van der Waals surface area (Å²) in [6, 6.07) is 17.2. The first-order valence-electron chi connectivity index (χ1n) is 9.20. The molecule has 1 amide bonds. The SMILES string of the molecule is COc1ccc(C2OCC(c3ccccc3)N2C(=O)OC(C)(C)C)cc1.O=CO. The molecule has 29 heavy (non-hydrogen) atoms. The fourth-order valence-corrected chi connectivity index (χ4v) is 3.00. The molecule has 0 aromatic heterocycles. The first-order valence-corrected chi connectivity index (χ1v) is 9.20. The Morgan fingerprint density at radius 1 is 1.10 bits per heavy atom. The predicted octanol–water partition coefficient (Wildman–Crippen LogP) is 4.40. The zero-order valence-corrected chi connectivity index (χ0v) is 17.1. The van der Waals surface area contributed by atoms with Crippen LogP contribution >= 0.6 is 0 Å². The molecule has 0 bridgehead atoms. The molecule has 2 unspecified atom stereocenters. The molecule has 1 fully saturated rings. The lowest BCUT2D eigenvalue weighted by Crippen LogP contribution is -2.38. The second-order valence-corrected chi connectivity index (χ2v) is 7.38. The lowest BCUT2D eigenvalue weighted by Gasteiger charge is -2.31. The second-order valence-electron chi connectivity index (χ2n) is 7.38. The Balaban J connectivity index is 0.000000941. The van der Waals surface area contributed by atoms with E-state index in [9.17, 15) is 4.79 Å². The molecule has 1 saturated heterocycles. The maximum Gasteiger partial charge on any atom is 0.413 e. The molecule has 1 aliphatic rings. The van der Waals surface area contributed by atoms with Gasteiger partial charge in [-0.1, -0.05) is 42.5 Å². The number of ether oxygens (including phenoxy) is 3. The van der Waals surface area contributed by atoms with Crippen LogP contribution in [0.25, 0.3) is 0 Å². The molecule has 0 aliphatic carbocycles. The van der Waals surface area contributed by atoms with Gasteiger partial charge in [-0.3, -0.25) is 9.69 Å². The Kier molecular flexibility index (Phi) is 7.61. The first kappa shape index (κ1) is 22.2. The van der Waals surface area contributed by atoms with Crippen LogP contribution in [-0.4, -0.2) is 41.9 Å². The molecular weight excluding hydrogens is 374 g/mol. The number of carbonyl (C=O) groups is 2. The summed E-state index contributed by atoms with van der Waals surface area (Å²) in [6.07, 6.45) is -0.884. The van der Waals surface area contributed by atoms with Crippen LogP contribution in [0.4, 0.5) is 4.79 Å². The van der Waals surface area contributed by atoms with Crippen molar-refractivity contribution in [2.24, 2.45) is 0 Å². The van der Waals surface area contributed by atoms with Crippen LogP contribution in [-0.2, 0) is 14.3 Å². The number of rotatable bonds is 3. The molecule has 7 nitrogen and oxygen atoms in total. The Hall–Kier alpha value is -3.06. The number of benzene rings is 2. The van der Waals surface area contributed by atoms with Crippen molar-refractivity contribution in [2.75, 3.05) is 13.7 Å². The summed E-state index contributed by atoms with van der Waals surface area (Å²) in [7, 11) is 1.62. The molecule has 3 rings (SSSR count). The highest BCUT2D eigenvalue weighted by atomic mass is 16.6. The number of carboxylic acid groups (broad SMARTS) is 1. The molecule has 7 heteroatoms. The van der Waals surface area contributed by atoms with E-state index >= 15 is 0 Å². The van der Waals surface area contributed by atoms with Crippen LogP contribution in [0.1, 0.15) is 44.2 Å². The van der Waals surface area contributed by atoms with E-state index in [-0.39, 0.29) is 18.6 Å². The Morgan fingerprint density at radius 3 is 2.21 bits per heavy atom. The molecule has 2 aromatic rings. The quantitative estimate of drug-likeness (QED) is 0.767. The van der Waals surface area contributed by atoms with Crippen molar-refractivity contribution in [1.82, 2.24) is 4.90 Å². The van der Waals surface area contributed by atoms with Crippen LogP contribution in [0.3, 0.4) is 0 Å². The summed E-state index contributed by atoms with van der Waals surface area (Å²) in [5.41, 5.74) is 1.33. The predicted molar refractivity (Wildman–Crippen MR) is 108 cm³/mol. The third-order valence-electron chi connectivity index (χ3n) is 4.19. The number of nitrogens with zero attached hydrogens (tertiary/aromatic N) is 1. The highest BCUT2D eigenvalue weighted by molar-refractivity contribution is 5.70. The fraction of sp³-hybridized carbons (Fsp3) is 0.364. The molecule has 0 spiro atoms. The summed E-state index contributed by atoms with van der Waals surface area (Å²) in [4.78, 5) is 23.0. The first-order chi connectivity index (χ1) is 13.8. The van der Waals surface area contributed by atoms with Gasteiger partial charge in [-0.15, -0.1) is 0 Å². The topological polar surface area (TPSA) is 85.3 Å². The highest BCUT2D eigenvalue weighted by Gasteiger charge is 2.41. The Bertz CT molecular complexity index is 785. The van der Waals surface area contributed by atoms with Crippen molar-refractivity contribution in [2.45, 2.75) is 38.6 Å². The van der Waals surface area contributed by atoms with Gasteiger partial charge in [-0.2, -0.15) is 0 Å². The van der Waals surface area contributed by atoms with Gasteiger partial charge in [0.25, 0.3) is 6.47 Å². The van der Waals surface area contributed by atoms with Gasteiger partial charge in [0.15, 0.2) is 6.23 Å². The van der Waals surface area contributed by atoms with Gasteiger partial charge in [0.05, 0.1) is 19.8 Å². The lowest BCUT2D eigenvalue weighted by molar-refractivity contribution is -0.122. The lowest BCUT2D eigenvalue weighted by atomic mass is 10.1. The van der Waals surface area contributed by atoms with E-state index in [1.165, 1.54) is 0 Å². The number of methoxy groups -OCH3 is 1. The molecule has 0 saturated carbocycles. The van der Waals surface area contributed by atoms with Crippen molar-refractivity contribution < 1.29 is 28.9 Å². The van der Waals surface area contributed by atoms with E-state index in [0.717, 1.165) is 16.9 Å². The summed E-state index contributed by atoms with van der Waals surface area (Å²) >= 11 is 0. The normalized spacial score (nSPS) is 18.4. The largest absolute Gasteiger partial charge is 0.497 e. The smallest absolute Gasteiger partial charge is 0.413 e. The van der Waals surface area contributed by atoms with Gasteiger partial charge in [-0.25, -0.2) is 4.79 Å². The van der Waals surface area contributed by atoms with E-state index < -0.39 is 11.8 Å². The van der Waals surface area contributed by atoms with Gasteiger partial charge in [0.1, 0.15) is 11.4 Å². The second kappa shape index (κ2) is 9.93. The van der Waals surface area contributed by atoms with Gasteiger partial charge >= 0.3 is 6.09 Å². The monoisotopic (exact) mass is 401 g/mol. The minimum atomic E-state index is -0.578. The summed E-state index contributed by atoms with van der Waals surface area (Å²) in [5, 5.41) is 6.89. The molecule has 1 N–H and O–H groups in total. The van der Waals surface area contributed by atoms with Crippen LogP contribution in [0, 0.1) is 0 Å². The van der Waals surface area contributed by atoms with Crippen molar-refractivity contribution in [1.29, 1.82) is 0 Å². The highest BCUT2D eigenvalue weighted by Crippen LogP contribution is 2.40. The van der Waals surface area contributed by atoms with Crippen molar-refractivity contribution >= 4 is 12.6 Å². The third kappa shape index (κ3) is 5.96. The molecule has 1 aliphatic heterocycles. The Morgan fingerprint density at radius 2 is 1.69 bits per heavy atom. The molecule has 156 valence electrons. The van der Waals surface area contributed by atoms with E-state index in [2.05, 4.69) is 0 Å². The van der Waals surface area contributed by atoms with Crippen LogP contribution < -0.4 is 4.74 Å². The summed E-state index contributed by atoms with van der Waals surface area (Å²) in [6.45, 7) is 5.76. The average Bonchev–Trinajstić information content (AvgIpc) is 3.13. The van der Waals surface area contributed by atoms with E-state index in [4.69, 9.17) is 24.1 Å². The zero-order valence-electron chi connectivity index (χ0n) is 17.1. The maximum atomic E-state index is 13.0. The minimum absolute atomic E-state index is 0.196. The zero-order chi connectivity index (χ0) is 21.4. The summed E-state index contributed by atoms with van der Waals surface area (Å²) in [5.74, 6) is 0.759. The van der Waals surface area contributed by atoms with Gasteiger partial charge in [0, 0.05) is 5.56 Å². The van der Waals surface area contributed by atoms with Crippen LogP contribution in [0.15, 0.2) is 54.6 Å². The third-order valence-corrected chi connectivity index (χ3v) is 4.19.